The molecule has 0 aliphatic carbocycles. The van der Waals surface area contributed by atoms with Gasteiger partial charge < -0.3 is 19.3 Å². The van der Waals surface area contributed by atoms with Gasteiger partial charge in [-0.25, -0.2) is 0 Å². The fourth-order valence-corrected chi connectivity index (χ4v) is 3.60. The van der Waals surface area contributed by atoms with Gasteiger partial charge >= 0.3 is 0 Å². The summed E-state index contributed by atoms with van der Waals surface area (Å²) in [5.41, 5.74) is 2.59. The summed E-state index contributed by atoms with van der Waals surface area (Å²) in [7, 11) is 5.44. The van der Waals surface area contributed by atoms with Crippen LogP contribution in [-0.4, -0.2) is 81.1 Å². The molecule has 3 rings (SSSR count). The molecule has 0 radical (unpaired) electrons. The summed E-state index contributed by atoms with van der Waals surface area (Å²) in [5.74, 6) is 1.85. The van der Waals surface area contributed by atoms with Gasteiger partial charge in [0.1, 0.15) is 0 Å². The summed E-state index contributed by atoms with van der Waals surface area (Å²) in [5, 5.41) is 0. The van der Waals surface area contributed by atoms with Gasteiger partial charge in [0, 0.05) is 52.2 Å². The Balaban J connectivity index is 0.00000182. The van der Waals surface area contributed by atoms with Crippen molar-refractivity contribution >= 4 is 30.7 Å². The van der Waals surface area contributed by atoms with Crippen LogP contribution < -0.4 is 9.47 Å². The summed E-state index contributed by atoms with van der Waals surface area (Å²) in [4.78, 5) is 19.1. The van der Waals surface area contributed by atoms with E-state index in [-0.39, 0.29) is 30.7 Å². The summed E-state index contributed by atoms with van der Waals surface area (Å²) >= 11 is 0. The minimum Gasteiger partial charge on any atom is -0.493 e. The molecule has 1 saturated heterocycles. The van der Waals surface area contributed by atoms with Gasteiger partial charge in [0.05, 0.1) is 14.2 Å². The third kappa shape index (κ3) is 5.88. The Morgan fingerprint density at radius 3 is 2.15 bits per heavy atom. The average molecular weight is 420 g/mol. The minimum absolute atomic E-state index is 0. The number of carbonyl (C=O) groups excluding carboxylic acids is 1. The van der Waals surface area contributed by atoms with E-state index in [9.17, 15) is 4.79 Å². The van der Waals surface area contributed by atoms with E-state index < -0.39 is 0 Å². The van der Waals surface area contributed by atoms with E-state index >= 15 is 0 Å². The molecular weight excluding hydrogens is 389 g/mol. The molecule has 1 amide bonds. The first-order valence-corrected chi connectivity index (χ1v) is 9.03. The monoisotopic (exact) mass is 419 g/mol. The van der Waals surface area contributed by atoms with Crippen molar-refractivity contribution in [1.82, 2.24) is 14.7 Å². The highest BCUT2D eigenvalue weighted by atomic mass is 35.5. The molecule has 0 N–H and O–H groups in total. The molecule has 1 aromatic carbocycles. The topological polar surface area (TPSA) is 45.3 Å². The summed E-state index contributed by atoms with van der Waals surface area (Å²) < 4.78 is 10.8. The second-order valence-electron chi connectivity index (χ2n) is 6.94. The van der Waals surface area contributed by atoms with Crippen LogP contribution >= 0.6 is 24.8 Å². The first kappa shape index (κ1) is 23.8. The van der Waals surface area contributed by atoms with Gasteiger partial charge in [0.25, 0.3) is 0 Å². The Morgan fingerprint density at radius 1 is 0.963 bits per heavy atom. The van der Waals surface area contributed by atoms with Crippen molar-refractivity contribution < 1.29 is 14.3 Å². The number of carbonyl (C=O) groups is 1. The zero-order valence-electron chi connectivity index (χ0n) is 16.4. The Labute approximate surface area is 174 Å². The van der Waals surface area contributed by atoms with Crippen LogP contribution in [0.1, 0.15) is 17.5 Å². The molecule has 6 nitrogen and oxygen atoms in total. The molecular formula is C19H31Cl2N3O3. The second kappa shape index (κ2) is 11.0. The highest BCUT2D eigenvalue weighted by molar-refractivity contribution is 5.85. The number of ether oxygens (including phenoxy) is 2. The van der Waals surface area contributed by atoms with Crippen molar-refractivity contribution in [3.63, 3.8) is 0 Å². The number of likely N-dealkylation sites (N-methyl/N-ethyl adjacent to an activating group) is 1. The van der Waals surface area contributed by atoms with Gasteiger partial charge in [-0.3, -0.25) is 9.69 Å². The van der Waals surface area contributed by atoms with Crippen LogP contribution in [0, 0.1) is 0 Å². The average Bonchev–Trinajstić information content (AvgIpc) is 2.65. The molecule has 154 valence electrons. The van der Waals surface area contributed by atoms with E-state index in [1.807, 2.05) is 4.90 Å². The van der Waals surface area contributed by atoms with Gasteiger partial charge in [-0.15, -0.1) is 24.8 Å². The maximum atomic E-state index is 12.4. The molecule has 0 aromatic heterocycles. The quantitative estimate of drug-likeness (QED) is 0.730. The maximum Gasteiger partial charge on any atom is 0.223 e. The van der Waals surface area contributed by atoms with E-state index in [0.717, 1.165) is 63.7 Å². The van der Waals surface area contributed by atoms with Crippen molar-refractivity contribution in [2.45, 2.75) is 19.4 Å². The van der Waals surface area contributed by atoms with Crippen LogP contribution in [0.5, 0.6) is 11.5 Å². The minimum atomic E-state index is 0. The second-order valence-corrected chi connectivity index (χ2v) is 6.94. The molecule has 0 unspecified atom stereocenters. The van der Waals surface area contributed by atoms with E-state index in [4.69, 9.17) is 9.47 Å². The number of methoxy groups -OCH3 is 2. The number of fused-ring (bicyclic) bond motifs is 1. The van der Waals surface area contributed by atoms with Crippen LogP contribution in [0.4, 0.5) is 0 Å². The SMILES string of the molecule is COc1cc2c(cc1OC)CN(CCC(=O)N1CCN(C)CC1)CC2.Cl.Cl. The molecule has 1 aromatic rings. The van der Waals surface area contributed by atoms with Gasteiger partial charge in [0.15, 0.2) is 11.5 Å². The fraction of sp³-hybridized carbons (Fsp3) is 0.632. The molecule has 1 fully saturated rings. The molecule has 0 saturated carbocycles. The summed E-state index contributed by atoms with van der Waals surface area (Å²) in [6, 6.07) is 4.16. The van der Waals surface area contributed by atoms with Crippen LogP contribution in [0.25, 0.3) is 0 Å². The third-order valence-corrected chi connectivity index (χ3v) is 5.29. The molecule has 27 heavy (non-hydrogen) atoms. The van der Waals surface area contributed by atoms with Crippen molar-refractivity contribution in [3.8, 4) is 11.5 Å². The molecule has 0 bridgehead atoms. The lowest BCUT2D eigenvalue weighted by atomic mass is 9.98. The molecule has 2 heterocycles. The number of nitrogens with zero attached hydrogens (tertiary/aromatic N) is 3. The molecule has 2 aliphatic heterocycles. The van der Waals surface area contributed by atoms with Crippen LogP contribution in [-0.2, 0) is 17.8 Å². The Hall–Kier alpha value is -1.21. The van der Waals surface area contributed by atoms with Crippen LogP contribution in [0.15, 0.2) is 12.1 Å². The Morgan fingerprint density at radius 2 is 1.56 bits per heavy atom. The number of halogens is 2. The van der Waals surface area contributed by atoms with E-state index in [1.54, 1.807) is 14.2 Å². The lowest BCUT2D eigenvalue weighted by molar-refractivity contribution is -0.133. The molecule has 0 spiro atoms. The zero-order valence-corrected chi connectivity index (χ0v) is 18.0. The lowest BCUT2D eigenvalue weighted by Gasteiger charge is -2.34. The first-order valence-electron chi connectivity index (χ1n) is 9.03. The standard InChI is InChI=1S/C19H29N3O3.2ClH/c1-20-8-10-22(11-9-20)19(23)5-7-21-6-4-15-12-17(24-2)18(25-3)13-16(15)14-21;;/h12-13H,4-11,14H2,1-3H3;2*1H. The van der Waals surface area contributed by atoms with Crippen molar-refractivity contribution in [2.24, 2.45) is 0 Å². The number of rotatable bonds is 5. The summed E-state index contributed by atoms with van der Waals surface area (Å²) in [6.45, 7) is 6.34. The number of amides is 1. The molecule has 2 aliphatic rings. The fourth-order valence-electron chi connectivity index (χ4n) is 3.60. The number of hydrogen-bond acceptors (Lipinski definition) is 5. The van der Waals surface area contributed by atoms with Gasteiger partial charge in [-0.1, -0.05) is 0 Å². The van der Waals surface area contributed by atoms with Gasteiger partial charge in [0.2, 0.25) is 5.91 Å². The van der Waals surface area contributed by atoms with Crippen LogP contribution in [0.2, 0.25) is 0 Å². The zero-order chi connectivity index (χ0) is 17.8. The maximum absolute atomic E-state index is 12.4. The molecule has 0 atom stereocenters. The van der Waals surface area contributed by atoms with Crippen molar-refractivity contribution in [2.75, 3.05) is 60.5 Å². The van der Waals surface area contributed by atoms with E-state index in [1.165, 1.54) is 11.1 Å². The Kier molecular flexibility index (Phi) is 9.67. The van der Waals surface area contributed by atoms with Crippen molar-refractivity contribution in [1.29, 1.82) is 0 Å². The highest BCUT2D eigenvalue weighted by Gasteiger charge is 2.22. The number of piperazine rings is 1. The van der Waals surface area contributed by atoms with Gasteiger partial charge in [-0.05, 0) is 36.7 Å². The number of hydrogen-bond donors (Lipinski definition) is 0. The predicted octanol–water partition coefficient (Wildman–Crippen LogP) is 2.07. The predicted molar refractivity (Wildman–Crippen MR) is 112 cm³/mol. The first-order chi connectivity index (χ1) is 12.1. The normalized spacial score (nSPS) is 17.4. The molecule has 8 heteroatoms. The van der Waals surface area contributed by atoms with E-state index in [0.29, 0.717) is 6.42 Å². The van der Waals surface area contributed by atoms with Crippen LogP contribution in [0.3, 0.4) is 0 Å². The smallest absolute Gasteiger partial charge is 0.223 e. The largest absolute Gasteiger partial charge is 0.493 e. The van der Waals surface area contributed by atoms with Gasteiger partial charge in [-0.2, -0.15) is 0 Å². The highest BCUT2D eigenvalue weighted by Crippen LogP contribution is 2.33. The third-order valence-electron chi connectivity index (χ3n) is 5.29. The summed E-state index contributed by atoms with van der Waals surface area (Å²) in [6.07, 6.45) is 1.59. The van der Waals surface area contributed by atoms with E-state index in [2.05, 4.69) is 29.0 Å². The van der Waals surface area contributed by atoms with Crippen molar-refractivity contribution in [3.05, 3.63) is 23.3 Å². The lowest BCUT2D eigenvalue weighted by Crippen LogP contribution is -2.47. The Bertz CT molecular complexity index is 622. The number of benzene rings is 1.